The summed E-state index contributed by atoms with van der Waals surface area (Å²) < 4.78 is 0. The van der Waals surface area contributed by atoms with Crippen LogP contribution in [0.15, 0.2) is 48.7 Å². The number of nitrogens with zero attached hydrogens (tertiary/aromatic N) is 3. The molecule has 0 spiro atoms. The number of hydrogen-bond donors (Lipinski definition) is 1. The zero-order valence-electron chi connectivity index (χ0n) is 14.3. The van der Waals surface area contributed by atoms with Gasteiger partial charge >= 0.3 is 6.03 Å². The molecule has 0 saturated heterocycles. The van der Waals surface area contributed by atoms with Crippen LogP contribution >= 0.6 is 0 Å². The molecular formula is C19H24N4O. The molecule has 1 unspecified atom stereocenters. The number of rotatable bonds is 3. The van der Waals surface area contributed by atoms with E-state index in [1.165, 1.54) is 11.3 Å². The van der Waals surface area contributed by atoms with E-state index in [0.717, 1.165) is 18.7 Å². The summed E-state index contributed by atoms with van der Waals surface area (Å²) in [6.45, 7) is 4.15. The lowest BCUT2D eigenvalue weighted by Crippen LogP contribution is -2.47. The maximum absolute atomic E-state index is 12.6. The monoisotopic (exact) mass is 324 g/mol. The molecule has 1 aliphatic rings. The lowest BCUT2D eigenvalue weighted by atomic mass is 10.1. The van der Waals surface area contributed by atoms with Gasteiger partial charge in [-0.2, -0.15) is 0 Å². The summed E-state index contributed by atoms with van der Waals surface area (Å²) in [6.07, 6.45) is 2.52. The standard InChI is InChI=1S/C19H24N4O/c1-15-13-22(2)18-9-4-3-7-16(18)14-23(15)19(24)21-12-10-17-8-5-6-11-20-17/h3-9,11,15H,10,12-14H2,1-2H3,(H,21,24). The van der Waals surface area contributed by atoms with Crippen LogP contribution in [0.4, 0.5) is 10.5 Å². The second-order valence-corrected chi connectivity index (χ2v) is 6.29. The molecule has 1 aliphatic heterocycles. The number of pyridine rings is 1. The molecule has 1 aromatic heterocycles. The summed E-state index contributed by atoms with van der Waals surface area (Å²) in [5.41, 5.74) is 3.38. The molecule has 0 radical (unpaired) electrons. The lowest BCUT2D eigenvalue weighted by Gasteiger charge is -2.28. The summed E-state index contributed by atoms with van der Waals surface area (Å²) in [5.74, 6) is 0. The minimum atomic E-state index is -0.0106. The van der Waals surface area contributed by atoms with E-state index in [9.17, 15) is 4.79 Å². The van der Waals surface area contributed by atoms with Crippen LogP contribution in [0.5, 0.6) is 0 Å². The quantitative estimate of drug-likeness (QED) is 0.944. The van der Waals surface area contributed by atoms with E-state index in [2.05, 4.69) is 41.3 Å². The maximum Gasteiger partial charge on any atom is 0.318 e. The van der Waals surface area contributed by atoms with Gasteiger partial charge in [-0.05, 0) is 30.7 Å². The van der Waals surface area contributed by atoms with Gasteiger partial charge in [0, 0.05) is 56.7 Å². The van der Waals surface area contributed by atoms with Gasteiger partial charge in [0.05, 0.1) is 0 Å². The van der Waals surface area contributed by atoms with Crippen LogP contribution in [-0.4, -0.2) is 42.1 Å². The molecule has 2 amide bonds. The first-order valence-corrected chi connectivity index (χ1v) is 8.38. The zero-order chi connectivity index (χ0) is 16.9. The predicted octanol–water partition coefficient (Wildman–Crippen LogP) is 2.67. The number of benzene rings is 1. The molecule has 2 heterocycles. The fourth-order valence-corrected chi connectivity index (χ4v) is 3.17. The number of fused-ring (bicyclic) bond motifs is 1. The molecule has 1 aromatic carbocycles. The van der Waals surface area contributed by atoms with Gasteiger partial charge in [0.1, 0.15) is 0 Å². The summed E-state index contributed by atoms with van der Waals surface area (Å²) in [5, 5.41) is 3.03. The Morgan fingerprint density at radius 3 is 2.83 bits per heavy atom. The van der Waals surface area contributed by atoms with Crippen LogP contribution in [0.3, 0.4) is 0 Å². The van der Waals surface area contributed by atoms with Crippen molar-refractivity contribution in [3.63, 3.8) is 0 Å². The van der Waals surface area contributed by atoms with Crippen LogP contribution in [0, 0.1) is 0 Å². The van der Waals surface area contributed by atoms with Gasteiger partial charge in [0.2, 0.25) is 0 Å². The van der Waals surface area contributed by atoms with Crippen molar-refractivity contribution in [2.75, 3.05) is 25.0 Å². The van der Waals surface area contributed by atoms with Gasteiger partial charge in [0.15, 0.2) is 0 Å². The number of amides is 2. The van der Waals surface area contributed by atoms with E-state index in [1.54, 1.807) is 6.20 Å². The third-order valence-electron chi connectivity index (χ3n) is 4.46. The first-order chi connectivity index (χ1) is 11.6. The lowest BCUT2D eigenvalue weighted by molar-refractivity contribution is 0.178. The number of aromatic nitrogens is 1. The highest BCUT2D eigenvalue weighted by molar-refractivity contribution is 5.75. The zero-order valence-corrected chi connectivity index (χ0v) is 14.3. The van der Waals surface area contributed by atoms with Crippen LogP contribution in [0.2, 0.25) is 0 Å². The van der Waals surface area contributed by atoms with Crippen molar-refractivity contribution in [3.8, 4) is 0 Å². The average Bonchev–Trinajstić information content (AvgIpc) is 2.72. The Hall–Kier alpha value is -2.56. The van der Waals surface area contributed by atoms with Gasteiger partial charge in [-0.1, -0.05) is 24.3 Å². The fourth-order valence-electron chi connectivity index (χ4n) is 3.17. The number of nitrogens with one attached hydrogen (secondary N) is 1. The SMILES string of the molecule is CC1CN(C)c2ccccc2CN1C(=O)NCCc1ccccn1. The molecule has 0 saturated carbocycles. The second-order valence-electron chi connectivity index (χ2n) is 6.29. The van der Waals surface area contributed by atoms with E-state index in [1.807, 2.05) is 35.2 Å². The van der Waals surface area contributed by atoms with Crippen LogP contribution in [-0.2, 0) is 13.0 Å². The topological polar surface area (TPSA) is 48.5 Å². The number of para-hydroxylation sites is 1. The number of hydrogen-bond acceptors (Lipinski definition) is 3. The Balaban J connectivity index is 1.63. The van der Waals surface area contributed by atoms with Crippen molar-refractivity contribution in [1.29, 1.82) is 0 Å². The van der Waals surface area contributed by atoms with E-state index < -0.39 is 0 Å². The number of urea groups is 1. The van der Waals surface area contributed by atoms with E-state index in [4.69, 9.17) is 0 Å². The van der Waals surface area contributed by atoms with E-state index in [-0.39, 0.29) is 12.1 Å². The highest BCUT2D eigenvalue weighted by atomic mass is 16.2. The number of likely N-dealkylation sites (N-methyl/N-ethyl adjacent to an activating group) is 1. The Morgan fingerprint density at radius 2 is 2.04 bits per heavy atom. The molecule has 3 rings (SSSR count). The molecular weight excluding hydrogens is 300 g/mol. The molecule has 0 aliphatic carbocycles. The van der Waals surface area contributed by atoms with E-state index in [0.29, 0.717) is 13.1 Å². The number of carbonyl (C=O) groups is 1. The molecule has 2 aromatic rings. The van der Waals surface area contributed by atoms with Crippen molar-refractivity contribution in [3.05, 3.63) is 59.9 Å². The Bertz CT molecular complexity index is 689. The minimum Gasteiger partial charge on any atom is -0.372 e. The maximum atomic E-state index is 12.6. The van der Waals surface area contributed by atoms with Crippen LogP contribution < -0.4 is 10.2 Å². The summed E-state index contributed by atoms with van der Waals surface area (Å²) >= 11 is 0. The average molecular weight is 324 g/mol. The molecule has 24 heavy (non-hydrogen) atoms. The summed E-state index contributed by atoms with van der Waals surface area (Å²) in [7, 11) is 2.08. The number of anilines is 1. The molecule has 0 bridgehead atoms. The molecule has 126 valence electrons. The minimum absolute atomic E-state index is 0.0106. The van der Waals surface area contributed by atoms with Gasteiger partial charge in [-0.3, -0.25) is 4.98 Å². The molecule has 5 nitrogen and oxygen atoms in total. The largest absolute Gasteiger partial charge is 0.372 e. The smallest absolute Gasteiger partial charge is 0.318 e. The second kappa shape index (κ2) is 7.34. The molecule has 1 N–H and O–H groups in total. The summed E-state index contributed by atoms with van der Waals surface area (Å²) in [6, 6.07) is 14.3. The molecule has 5 heteroatoms. The normalized spacial score (nSPS) is 17.2. The summed E-state index contributed by atoms with van der Waals surface area (Å²) in [4.78, 5) is 21.1. The van der Waals surface area contributed by atoms with Crippen molar-refractivity contribution in [1.82, 2.24) is 15.2 Å². The number of carbonyl (C=O) groups excluding carboxylic acids is 1. The first-order valence-electron chi connectivity index (χ1n) is 8.38. The van der Waals surface area contributed by atoms with Gasteiger partial charge in [0.25, 0.3) is 0 Å². The highest BCUT2D eigenvalue weighted by Crippen LogP contribution is 2.25. The Morgan fingerprint density at radius 1 is 1.25 bits per heavy atom. The van der Waals surface area contributed by atoms with E-state index >= 15 is 0 Å². The first kappa shape index (κ1) is 16.3. The van der Waals surface area contributed by atoms with Gasteiger partial charge in [-0.15, -0.1) is 0 Å². The van der Waals surface area contributed by atoms with Crippen molar-refractivity contribution in [2.24, 2.45) is 0 Å². The highest BCUT2D eigenvalue weighted by Gasteiger charge is 2.26. The van der Waals surface area contributed by atoms with Crippen molar-refractivity contribution < 1.29 is 4.79 Å². The Labute approximate surface area is 143 Å². The van der Waals surface area contributed by atoms with Crippen LogP contribution in [0.25, 0.3) is 0 Å². The predicted molar refractivity (Wildman–Crippen MR) is 96.1 cm³/mol. The van der Waals surface area contributed by atoms with Gasteiger partial charge in [-0.25, -0.2) is 4.79 Å². The third-order valence-corrected chi connectivity index (χ3v) is 4.46. The van der Waals surface area contributed by atoms with Crippen molar-refractivity contribution >= 4 is 11.7 Å². The van der Waals surface area contributed by atoms with Crippen LogP contribution in [0.1, 0.15) is 18.2 Å². The third kappa shape index (κ3) is 3.67. The van der Waals surface area contributed by atoms with Gasteiger partial charge < -0.3 is 15.1 Å². The Kier molecular flexibility index (Phi) is 4.99. The fraction of sp³-hybridized carbons (Fsp3) is 0.368. The molecule has 1 atom stereocenters. The van der Waals surface area contributed by atoms with Crippen molar-refractivity contribution in [2.45, 2.75) is 25.9 Å². The molecule has 0 fully saturated rings.